The monoisotopic (exact) mass is 427 g/mol. The lowest BCUT2D eigenvalue weighted by Gasteiger charge is -2.14. The first kappa shape index (κ1) is 22.7. The third-order valence-corrected chi connectivity index (χ3v) is 4.71. The second-order valence-electron chi connectivity index (χ2n) is 6.11. The number of fused-ring (bicyclic) bond motifs is 1. The highest BCUT2D eigenvalue weighted by molar-refractivity contribution is 7.99. The minimum atomic E-state index is -0.856. The SMILES string of the molecule is Cn1cnc2cccc(OCC(O)CNCCNC(=O)CSCCO[N+](=O)[O-])c21. The average molecular weight is 427 g/mol. The van der Waals surface area contributed by atoms with Crippen molar-refractivity contribution in [2.45, 2.75) is 6.10 Å². The van der Waals surface area contributed by atoms with Crippen LogP contribution in [-0.4, -0.2) is 76.1 Å². The second-order valence-corrected chi connectivity index (χ2v) is 7.21. The zero-order valence-electron chi connectivity index (χ0n) is 16.1. The lowest BCUT2D eigenvalue weighted by atomic mass is 10.3. The first-order valence-electron chi connectivity index (χ1n) is 9.00. The highest BCUT2D eigenvalue weighted by Gasteiger charge is 2.10. The van der Waals surface area contributed by atoms with Gasteiger partial charge in [-0.1, -0.05) is 6.07 Å². The van der Waals surface area contributed by atoms with E-state index in [1.165, 1.54) is 11.8 Å². The number of carbonyl (C=O) groups excluding carboxylic acids is 1. The molecule has 0 radical (unpaired) electrons. The molecule has 1 aromatic heterocycles. The van der Waals surface area contributed by atoms with Gasteiger partial charge in [-0.15, -0.1) is 10.1 Å². The van der Waals surface area contributed by atoms with Crippen LogP contribution in [0.25, 0.3) is 11.0 Å². The molecule has 2 aromatic rings. The molecule has 0 bridgehead atoms. The lowest BCUT2D eigenvalue weighted by Crippen LogP contribution is -2.37. The number of hydrogen-bond donors (Lipinski definition) is 3. The van der Waals surface area contributed by atoms with Crippen LogP contribution < -0.4 is 15.4 Å². The molecule has 160 valence electrons. The van der Waals surface area contributed by atoms with E-state index in [1.807, 2.05) is 29.8 Å². The standard InChI is InChI=1S/C17H25N5O6S/c1-21-12-20-14-3-2-4-15(17(14)21)27-10-13(23)9-18-5-6-19-16(24)11-29-8-7-28-22(25)26/h2-4,12-13,18,23H,5-11H2,1H3,(H,19,24). The number of aliphatic hydroxyl groups is 1. The summed E-state index contributed by atoms with van der Waals surface area (Å²) >= 11 is 1.25. The summed E-state index contributed by atoms with van der Waals surface area (Å²) in [5.41, 5.74) is 1.70. The number of para-hydroxylation sites is 1. The Hall–Kier alpha value is -2.57. The van der Waals surface area contributed by atoms with Gasteiger partial charge in [0.25, 0.3) is 5.09 Å². The molecule has 0 aliphatic heterocycles. The number of imidazole rings is 1. The van der Waals surface area contributed by atoms with Gasteiger partial charge < -0.3 is 29.9 Å². The van der Waals surface area contributed by atoms with Crippen molar-refractivity contribution in [1.29, 1.82) is 0 Å². The largest absolute Gasteiger partial charge is 0.489 e. The molecular formula is C17H25N5O6S. The van der Waals surface area contributed by atoms with Crippen molar-refractivity contribution in [2.75, 3.05) is 44.4 Å². The maximum atomic E-state index is 11.6. The minimum Gasteiger partial charge on any atom is -0.489 e. The van der Waals surface area contributed by atoms with Crippen LogP contribution in [0.4, 0.5) is 0 Å². The van der Waals surface area contributed by atoms with Crippen molar-refractivity contribution in [3.05, 3.63) is 34.6 Å². The fourth-order valence-electron chi connectivity index (χ4n) is 2.48. The Labute approximate surface area is 171 Å². The average Bonchev–Trinajstić information content (AvgIpc) is 3.07. The molecule has 2 rings (SSSR count). The fraction of sp³-hybridized carbons (Fsp3) is 0.529. The van der Waals surface area contributed by atoms with Crippen molar-refractivity contribution < 1.29 is 24.6 Å². The zero-order valence-corrected chi connectivity index (χ0v) is 16.9. The number of nitrogens with zero attached hydrogens (tertiary/aromatic N) is 3. The molecule has 0 fully saturated rings. The van der Waals surface area contributed by atoms with Gasteiger partial charge in [0, 0.05) is 32.4 Å². The number of amides is 1. The summed E-state index contributed by atoms with van der Waals surface area (Å²) < 4.78 is 7.59. The van der Waals surface area contributed by atoms with E-state index < -0.39 is 11.2 Å². The highest BCUT2D eigenvalue weighted by atomic mass is 32.2. The van der Waals surface area contributed by atoms with Crippen LogP contribution in [0.1, 0.15) is 0 Å². The summed E-state index contributed by atoms with van der Waals surface area (Å²) in [5.74, 6) is 1.07. The number of benzene rings is 1. The predicted molar refractivity (Wildman–Crippen MR) is 108 cm³/mol. The highest BCUT2D eigenvalue weighted by Crippen LogP contribution is 2.24. The molecule has 1 unspecified atom stereocenters. The van der Waals surface area contributed by atoms with Crippen LogP contribution in [0.5, 0.6) is 5.75 Å². The number of aromatic nitrogens is 2. The molecule has 1 aromatic carbocycles. The number of hydrogen-bond acceptors (Lipinski definition) is 9. The summed E-state index contributed by atoms with van der Waals surface area (Å²) in [7, 11) is 1.88. The first-order chi connectivity index (χ1) is 14.0. The molecule has 11 nitrogen and oxygen atoms in total. The van der Waals surface area contributed by atoms with Crippen molar-refractivity contribution in [3.8, 4) is 5.75 Å². The topological polar surface area (TPSA) is 141 Å². The molecule has 3 N–H and O–H groups in total. The summed E-state index contributed by atoms with van der Waals surface area (Å²) in [6.45, 7) is 1.32. The summed E-state index contributed by atoms with van der Waals surface area (Å²) in [6, 6.07) is 5.58. The van der Waals surface area contributed by atoms with Crippen LogP contribution in [0.2, 0.25) is 0 Å². The Balaban J connectivity index is 1.53. The predicted octanol–water partition coefficient (Wildman–Crippen LogP) is -0.0397. The Morgan fingerprint density at radius 2 is 2.28 bits per heavy atom. The molecule has 1 amide bonds. The summed E-state index contributed by atoms with van der Waals surface area (Å²) in [6.07, 6.45) is 1.01. The van der Waals surface area contributed by atoms with E-state index in [2.05, 4.69) is 20.5 Å². The van der Waals surface area contributed by atoms with Crippen molar-refractivity contribution >= 4 is 28.7 Å². The van der Waals surface area contributed by atoms with E-state index in [1.54, 1.807) is 6.33 Å². The fourth-order valence-corrected chi connectivity index (χ4v) is 3.11. The molecule has 12 heteroatoms. The van der Waals surface area contributed by atoms with E-state index in [4.69, 9.17) is 4.74 Å². The number of rotatable bonds is 14. The third-order valence-electron chi connectivity index (χ3n) is 3.79. The third kappa shape index (κ3) is 8.13. The Bertz CT molecular complexity index is 802. The number of ether oxygens (including phenoxy) is 1. The van der Waals surface area contributed by atoms with Gasteiger partial charge in [0.15, 0.2) is 0 Å². The van der Waals surface area contributed by atoms with Gasteiger partial charge in [-0.25, -0.2) is 4.98 Å². The number of carbonyl (C=O) groups is 1. The van der Waals surface area contributed by atoms with Crippen LogP contribution >= 0.6 is 11.8 Å². The van der Waals surface area contributed by atoms with Gasteiger partial charge in [-0.2, -0.15) is 11.8 Å². The second kappa shape index (κ2) is 12.1. The van der Waals surface area contributed by atoms with Gasteiger partial charge in [0.1, 0.15) is 30.6 Å². The molecule has 1 atom stereocenters. The molecule has 0 saturated heterocycles. The molecule has 29 heavy (non-hydrogen) atoms. The summed E-state index contributed by atoms with van der Waals surface area (Å²) in [4.78, 5) is 30.0. The maximum Gasteiger partial charge on any atom is 0.294 e. The quantitative estimate of drug-likeness (QED) is 0.215. The van der Waals surface area contributed by atoms with Gasteiger partial charge in [-0.3, -0.25) is 4.79 Å². The van der Waals surface area contributed by atoms with Gasteiger partial charge in [0.05, 0.1) is 17.6 Å². The summed E-state index contributed by atoms with van der Waals surface area (Å²) in [5, 5.41) is 24.9. The molecule has 0 spiro atoms. The smallest absolute Gasteiger partial charge is 0.294 e. The van der Waals surface area contributed by atoms with E-state index in [0.29, 0.717) is 31.1 Å². The van der Waals surface area contributed by atoms with E-state index >= 15 is 0 Å². The van der Waals surface area contributed by atoms with Crippen LogP contribution in [-0.2, 0) is 16.7 Å². The minimum absolute atomic E-state index is 0.0401. The van der Waals surface area contributed by atoms with E-state index in [-0.39, 0.29) is 24.9 Å². The Morgan fingerprint density at radius 1 is 1.45 bits per heavy atom. The number of aliphatic hydroxyl groups excluding tert-OH is 1. The Kier molecular flexibility index (Phi) is 9.47. The van der Waals surface area contributed by atoms with E-state index in [9.17, 15) is 20.0 Å². The van der Waals surface area contributed by atoms with Gasteiger partial charge >= 0.3 is 0 Å². The van der Waals surface area contributed by atoms with Crippen molar-refractivity contribution in [3.63, 3.8) is 0 Å². The molecular weight excluding hydrogens is 402 g/mol. The van der Waals surface area contributed by atoms with Crippen LogP contribution in [0.3, 0.4) is 0 Å². The molecule has 0 aliphatic carbocycles. The van der Waals surface area contributed by atoms with Crippen LogP contribution in [0, 0.1) is 10.1 Å². The molecule has 0 aliphatic rings. The Morgan fingerprint density at radius 3 is 3.07 bits per heavy atom. The number of nitrogens with one attached hydrogen (secondary N) is 2. The molecule has 0 saturated carbocycles. The maximum absolute atomic E-state index is 11.6. The first-order valence-corrected chi connectivity index (χ1v) is 10.2. The lowest BCUT2D eigenvalue weighted by molar-refractivity contribution is -0.756. The van der Waals surface area contributed by atoms with Crippen molar-refractivity contribution in [1.82, 2.24) is 20.2 Å². The van der Waals surface area contributed by atoms with Gasteiger partial charge in [-0.05, 0) is 12.1 Å². The zero-order chi connectivity index (χ0) is 21.1. The van der Waals surface area contributed by atoms with Gasteiger partial charge in [0.2, 0.25) is 5.91 Å². The van der Waals surface area contributed by atoms with E-state index in [0.717, 1.165) is 11.0 Å². The molecule has 1 heterocycles. The normalized spacial score (nSPS) is 11.9. The van der Waals surface area contributed by atoms with Crippen LogP contribution in [0.15, 0.2) is 24.5 Å². The number of thioether (sulfide) groups is 1. The van der Waals surface area contributed by atoms with Crippen molar-refractivity contribution in [2.24, 2.45) is 7.05 Å². The number of aryl methyl sites for hydroxylation is 1.